The van der Waals surface area contributed by atoms with Crippen LogP contribution in [0.2, 0.25) is 0 Å². The van der Waals surface area contributed by atoms with Crippen molar-refractivity contribution in [3.05, 3.63) is 29.3 Å². The second-order valence-corrected chi connectivity index (χ2v) is 4.39. The molecule has 0 aromatic heterocycles. The van der Waals surface area contributed by atoms with E-state index in [1.807, 2.05) is 12.1 Å². The number of guanidine groups is 1. The standard InChI is InChI=1S/C14H19N3O3/c1-19-12-8-10(4-5-11(12)13(18)20-2)9-17-14-15-6-3-7-16-14/h4-5,8H,3,6-7,9H2,1-2H3,(H2,15,16,17). The first-order valence-electron chi connectivity index (χ1n) is 6.52. The Morgan fingerprint density at radius 2 is 2.30 bits per heavy atom. The van der Waals surface area contributed by atoms with Gasteiger partial charge in [0.15, 0.2) is 5.96 Å². The van der Waals surface area contributed by atoms with Crippen molar-refractivity contribution < 1.29 is 14.3 Å². The van der Waals surface area contributed by atoms with Crippen molar-refractivity contribution in [3.8, 4) is 5.75 Å². The van der Waals surface area contributed by atoms with Crippen LogP contribution in [0, 0.1) is 0 Å². The van der Waals surface area contributed by atoms with E-state index in [1.54, 1.807) is 6.07 Å². The monoisotopic (exact) mass is 277 g/mol. The Balaban J connectivity index is 2.05. The van der Waals surface area contributed by atoms with Gasteiger partial charge in [0, 0.05) is 19.6 Å². The van der Waals surface area contributed by atoms with Crippen LogP contribution < -0.4 is 15.4 Å². The molecular weight excluding hydrogens is 258 g/mol. The van der Waals surface area contributed by atoms with Crippen LogP contribution in [0.1, 0.15) is 22.3 Å². The zero-order chi connectivity index (χ0) is 14.4. The third-order valence-corrected chi connectivity index (χ3v) is 3.03. The molecule has 0 saturated carbocycles. The summed E-state index contributed by atoms with van der Waals surface area (Å²) in [5.41, 5.74) is 1.43. The van der Waals surface area contributed by atoms with Gasteiger partial charge in [0.25, 0.3) is 0 Å². The number of nitrogens with zero attached hydrogens (tertiary/aromatic N) is 1. The summed E-state index contributed by atoms with van der Waals surface area (Å²) in [5.74, 6) is 0.918. The number of carbonyl (C=O) groups is 1. The number of benzene rings is 1. The zero-order valence-corrected chi connectivity index (χ0v) is 11.7. The van der Waals surface area contributed by atoms with Crippen LogP contribution in [-0.4, -0.2) is 39.2 Å². The fraction of sp³-hybridized carbons (Fsp3) is 0.429. The van der Waals surface area contributed by atoms with Gasteiger partial charge in [-0.15, -0.1) is 0 Å². The van der Waals surface area contributed by atoms with Crippen LogP contribution in [-0.2, 0) is 11.3 Å². The van der Waals surface area contributed by atoms with Gasteiger partial charge in [0.05, 0.1) is 14.2 Å². The summed E-state index contributed by atoms with van der Waals surface area (Å²) in [6.07, 6.45) is 1.06. The second kappa shape index (κ2) is 6.79. The normalized spacial score (nSPS) is 14.0. The average molecular weight is 277 g/mol. The van der Waals surface area contributed by atoms with E-state index in [2.05, 4.69) is 15.6 Å². The summed E-state index contributed by atoms with van der Waals surface area (Å²) in [6.45, 7) is 2.40. The van der Waals surface area contributed by atoms with Crippen LogP contribution >= 0.6 is 0 Å². The Hall–Kier alpha value is -2.24. The molecule has 108 valence electrons. The minimum atomic E-state index is -0.403. The molecule has 2 rings (SSSR count). The molecule has 0 unspecified atom stereocenters. The molecule has 0 saturated heterocycles. The van der Waals surface area contributed by atoms with Crippen molar-refractivity contribution in [2.75, 3.05) is 27.3 Å². The predicted molar refractivity (Wildman–Crippen MR) is 76.1 cm³/mol. The van der Waals surface area contributed by atoms with E-state index in [4.69, 9.17) is 9.47 Å². The van der Waals surface area contributed by atoms with E-state index < -0.39 is 5.97 Å². The second-order valence-electron chi connectivity index (χ2n) is 4.39. The molecule has 1 aromatic carbocycles. The highest BCUT2D eigenvalue weighted by Gasteiger charge is 2.13. The number of rotatable bonds is 4. The van der Waals surface area contributed by atoms with Gasteiger partial charge in [-0.05, 0) is 24.1 Å². The summed E-state index contributed by atoms with van der Waals surface area (Å²) in [6, 6.07) is 5.39. The van der Waals surface area contributed by atoms with E-state index >= 15 is 0 Å². The van der Waals surface area contributed by atoms with Gasteiger partial charge in [0.1, 0.15) is 11.3 Å². The highest BCUT2D eigenvalue weighted by atomic mass is 16.5. The molecule has 0 atom stereocenters. The number of nitrogens with one attached hydrogen (secondary N) is 2. The number of hydrogen-bond acceptors (Lipinski definition) is 6. The van der Waals surface area contributed by atoms with Crippen LogP contribution in [0.3, 0.4) is 0 Å². The minimum Gasteiger partial charge on any atom is -0.496 e. The van der Waals surface area contributed by atoms with Crippen LogP contribution in [0.5, 0.6) is 5.75 Å². The van der Waals surface area contributed by atoms with Crippen molar-refractivity contribution in [2.45, 2.75) is 13.0 Å². The first kappa shape index (κ1) is 14.2. The molecule has 2 N–H and O–H groups in total. The summed E-state index contributed by atoms with van der Waals surface area (Å²) < 4.78 is 9.94. The number of methoxy groups -OCH3 is 2. The van der Waals surface area contributed by atoms with Crippen molar-refractivity contribution in [3.63, 3.8) is 0 Å². The molecule has 1 heterocycles. The quantitative estimate of drug-likeness (QED) is 0.801. The number of carbonyl (C=O) groups excluding carboxylic acids is 1. The zero-order valence-electron chi connectivity index (χ0n) is 11.7. The molecule has 6 heteroatoms. The van der Waals surface area contributed by atoms with Gasteiger partial charge in [-0.25, -0.2) is 4.79 Å². The van der Waals surface area contributed by atoms with Crippen LogP contribution in [0.15, 0.2) is 23.2 Å². The van der Waals surface area contributed by atoms with E-state index in [9.17, 15) is 4.79 Å². The fourth-order valence-electron chi connectivity index (χ4n) is 1.96. The molecule has 0 bridgehead atoms. The largest absolute Gasteiger partial charge is 0.496 e. The lowest BCUT2D eigenvalue weighted by Gasteiger charge is -2.16. The van der Waals surface area contributed by atoms with Gasteiger partial charge < -0.3 is 20.1 Å². The van der Waals surface area contributed by atoms with E-state index in [0.717, 1.165) is 31.0 Å². The molecule has 6 nitrogen and oxygen atoms in total. The maximum atomic E-state index is 11.6. The SMILES string of the molecule is COC(=O)c1ccc(CNC2=NCCCN2)cc1OC. The number of ether oxygens (including phenoxy) is 2. The third kappa shape index (κ3) is 3.40. The van der Waals surface area contributed by atoms with Gasteiger partial charge in [-0.2, -0.15) is 0 Å². The summed E-state index contributed by atoms with van der Waals surface area (Å²) in [5, 5.41) is 6.41. The molecule has 0 radical (unpaired) electrons. The lowest BCUT2D eigenvalue weighted by atomic mass is 10.1. The van der Waals surface area contributed by atoms with E-state index in [0.29, 0.717) is 17.9 Å². The first-order chi connectivity index (χ1) is 9.74. The van der Waals surface area contributed by atoms with Crippen molar-refractivity contribution in [1.82, 2.24) is 10.6 Å². The molecule has 1 aromatic rings. The smallest absolute Gasteiger partial charge is 0.341 e. The topological polar surface area (TPSA) is 72.0 Å². The van der Waals surface area contributed by atoms with Gasteiger partial charge >= 0.3 is 5.97 Å². The fourth-order valence-corrected chi connectivity index (χ4v) is 1.96. The van der Waals surface area contributed by atoms with Crippen molar-refractivity contribution in [1.29, 1.82) is 0 Å². The number of aliphatic imine (C=N–C) groups is 1. The molecular formula is C14H19N3O3. The molecule has 1 aliphatic heterocycles. The lowest BCUT2D eigenvalue weighted by Crippen LogP contribution is -2.40. The first-order valence-corrected chi connectivity index (χ1v) is 6.52. The average Bonchev–Trinajstić information content (AvgIpc) is 2.52. The highest BCUT2D eigenvalue weighted by Crippen LogP contribution is 2.21. The van der Waals surface area contributed by atoms with Crippen molar-refractivity contribution >= 4 is 11.9 Å². The molecule has 0 amide bonds. The Morgan fingerprint density at radius 1 is 1.45 bits per heavy atom. The Labute approximate surface area is 118 Å². The third-order valence-electron chi connectivity index (χ3n) is 3.03. The lowest BCUT2D eigenvalue weighted by molar-refractivity contribution is 0.0597. The summed E-state index contributed by atoms with van der Waals surface area (Å²) in [4.78, 5) is 15.9. The molecule has 0 fully saturated rings. The summed E-state index contributed by atoms with van der Waals surface area (Å²) in [7, 11) is 2.88. The highest BCUT2D eigenvalue weighted by molar-refractivity contribution is 5.92. The molecule has 1 aliphatic rings. The maximum absolute atomic E-state index is 11.6. The van der Waals surface area contributed by atoms with Gasteiger partial charge in [-0.3, -0.25) is 4.99 Å². The van der Waals surface area contributed by atoms with Gasteiger partial charge in [-0.1, -0.05) is 6.07 Å². The minimum absolute atomic E-state index is 0.403. The Bertz CT molecular complexity index is 514. The Kier molecular flexibility index (Phi) is 4.81. The summed E-state index contributed by atoms with van der Waals surface area (Å²) >= 11 is 0. The van der Waals surface area contributed by atoms with E-state index in [-0.39, 0.29) is 0 Å². The number of esters is 1. The van der Waals surface area contributed by atoms with Crippen molar-refractivity contribution in [2.24, 2.45) is 4.99 Å². The van der Waals surface area contributed by atoms with Gasteiger partial charge in [0.2, 0.25) is 0 Å². The maximum Gasteiger partial charge on any atom is 0.341 e. The van der Waals surface area contributed by atoms with Crippen LogP contribution in [0.25, 0.3) is 0 Å². The van der Waals surface area contributed by atoms with Crippen LogP contribution in [0.4, 0.5) is 0 Å². The van der Waals surface area contributed by atoms with E-state index in [1.165, 1.54) is 14.2 Å². The number of hydrogen-bond donors (Lipinski definition) is 2. The Morgan fingerprint density at radius 3 is 2.95 bits per heavy atom. The molecule has 0 spiro atoms. The molecule has 0 aliphatic carbocycles. The predicted octanol–water partition coefficient (Wildman–Crippen LogP) is 0.921. The molecule has 20 heavy (non-hydrogen) atoms.